The highest BCUT2D eigenvalue weighted by Gasteiger charge is 2.30. The average molecular weight is 477 g/mol. The molecule has 8 heteroatoms. The third-order valence-electron chi connectivity index (χ3n) is 4.83. The molecule has 1 aromatic heterocycles. The van der Waals surface area contributed by atoms with Gasteiger partial charge in [0.15, 0.2) is 0 Å². The Kier molecular flexibility index (Phi) is 6.18. The van der Waals surface area contributed by atoms with Crippen molar-refractivity contribution < 1.29 is 4.79 Å². The lowest BCUT2D eigenvalue weighted by molar-refractivity contribution is -0.129. The molecule has 0 aliphatic carbocycles. The number of amidine groups is 1. The minimum absolute atomic E-state index is 0.0549. The predicted molar refractivity (Wildman–Crippen MR) is 120 cm³/mol. The van der Waals surface area contributed by atoms with Gasteiger partial charge >= 0.3 is 0 Å². The van der Waals surface area contributed by atoms with Crippen molar-refractivity contribution in [3.8, 4) is 0 Å². The Labute approximate surface area is 181 Å². The molecule has 0 spiro atoms. The van der Waals surface area contributed by atoms with Gasteiger partial charge in [0, 0.05) is 42.8 Å². The van der Waals surface area contributed by atoms with Crippen molar-refractivity contribution in [1.82, 2.24) is 13.8 Å². The van der Waals surface area contributed by atoms with Crippen molar-refractivity contribution in [2.75, 3.05) is 20.1 Å². The number of thiazole rings is 1. The second-order valence-electron chi connectivity index (χ2n) is 6.87. The lowest BCUT2D eigenvalue weighted by atomic mass is 10.0. The molecular formula is C20H21BrN4OS2. The van der Waals surface area contributed by atoms with E-state index in [1.54, 1.807) is 16.7 Å². The van der Waals surface area contributed by atoms with Crippen LogP contribution in [0.5, 0.6) is 0 Å². The van der Waals surface area contributed by atoms with Crippen LogP contribution in [-0.4, -0.2) is 50.9 Å². The number of nitrogens with zero attached hydrogens (tertiary/aromatic N) is 4. The Morgan fingerprint density at radius 1 is 1.36 bits per heavy atom. The van der Waals surface area contributed by atoms with Crippen molar-refractivity contribution in [1.29, 1.82) is 0 Å². The van der Waals surface area contributed by atoms with Gasteiger partial charge in [0.1, 0.15) is 5.84 Å². The fraction of sp³-hybridized carbons (Fsp3) is 0.350. The SMILES string of the molecule is CN1CCC(Cc2csc(N=C3C(Sc4ccccc4)C=CCN3Br)n2)C1=O. The molecule has 1 fully saturated rings. The molecule has 3 heterocycles. The van der Waals surface area contributed by atoms with Crippen LogP contribution in [0.25, 0.3) is 0 Å². The van der Waals surface area contributed by atoms with Gasteiger partial charge in [-0.15, -0.1) is 23.1 Å². The summed E-state index contributed by atoms with van der Waals surface area (Å²) in [6.07, 6.45) is 5.94. The zero-order chi connectivity index (χ0) is 19.5. The van der Waals surface area contributed by atoms with Gasteiger partial charge in [-0.05, 0) is 18.6 Å². The summed E-state index contributed by atoms with van der Waals surface area (Å²) in [5.41, 5.74) is 0.956. The van der Waals surface area contributed by atoms with Crippen LogP contribution in [-0.2, 0) is 11.2 Å². The van der Waals surface area contributed by atoms with Crippen molar-refractivity contribution in [3.63, 3.8) is 0 Å². The summed E-state index contributed by atoms with van der Waals surface area (Å²) in [6.45, 7) is 1.61. The largest absolute Gasteiger partial charge is 0.345 e. The Morgan fingerprint density at radius 2 is 2.18 bits per heavy atom. The number of carbonyl (C=O) groups excluding carboxylic acids is 1. The number of likely N-dealkylation sites (tertiary alicyclic amines) is 1. The molecule has 0 saturated carbocycles. The highest BCUT2D eigenvalue weighted by Crippen LogP contribution is 2.32. The Hall–Kier alpha value is -1.64. The van der Waals surface area contributed by atoms with E-state index in [0.717, 1.165) is 36.2 Å². The van der Waals surface area contributed by atoms with E-state index in [0.29, 0.717) is 6.42 Å². The molecule has 2 aromatic rings. The van der Waals surface area contributed by atoms with Gasteiger partial charge in [0.05, 0.1) is 27.1 Å². The average Bonchev–Trinajstić information content (AvgIpc) is 3.27. The summed E-state index contributed by atoms with van der Waals surface area (Å²) < 4.78 is 1.99. The number of amides is 1. The van der Waals surface area contributed by atoms with Crippen LogP contribution in [0.4, 0.5) is 5.13 Å². The van der Waals surface area contributed by atoms with Gasteiger partial charge < -0.3 is 4.90 Å². The van der Waals surface area contributed by atoms with Crippen LogP contribution in [0.15, 0.2) is 57.8 Å². The first-order chi connectivity index (χ1) is 13.6. The van der Waals surface area contributed by atoms with Gasteiger partial charge in [-0.2, -0.15) is 0 Å². The van der Waals surface area contributed by atoms with Crippen LogP contribution in [0.2, 0.25) is 0 Å². The molecule has 2 aliphatic rings. The summed E-state index contributed by atoms with van der Waals surface area (Å²) in [5, 5.41) is 2.89. The number of thioether (sulfide) groups is 1. The van der Waals surface area contributed by atoms with Gasteiger partial charge in [0.25, 0.3) is 0 Å². The van der Waals surface area contributed by atoms with E-state index >= 15 is 0 Å². The minimum atomic E-state index is 0.0549. The van der Waals surface area contributed by atoms with E-state index in [9.17, 15) is 4.79 Å². The minimum Gasteiger partial charge on any atom is -0.345 e. The van der Waals surface area contributed by atoms with E-state index in [1.807, 2.05) is 34.6 Å². The summed E-state index contributed by atoms with van der Waals surface area (Å²) in [7, 11) is 1.87. The zero-order valence-corrected chi connectivity index (χ0v) is 18.7. The number of rotatable bonds is 5. The summed E-state index contributed by atoms with van der Waals surface area (Å²) in [5.74, 6) is 1.22. The molecule has 0 N–H and O–H groups in total. The number of aliphatic imine (C=N–C) groups is 1. The number of benzene rings is 1. The Bertz CT molecular complexity index is 899. The van der Waals surface area contributed by atoms with E-state index in [4.69, 9.17) is 4.99 Å². The third-order valence-corrected chi connectivity index (χ3v) is 7.43. The number of hydrogen-bond acceptors (Lipinski definition) is 5. The van der Waals surface area contributed by atoms with Crippen molar-refractivity contribution in [2.45, 2.75) is 23.0 Å². The van der Waals surface area contributed by atoms with Crippen LogP contribution >= 0.6 is 39.2 Å². The quantitative estimate of drug-likeness (QED) is 0.469. The Morgan fingerprint density at radius 3 is 2.93 bits per heavy atom. The second kappa shape index (κ2) is 8.80. The maximum absolute atomic E-state index is 12.1. The van der Waals surface area contributed by atoms with Gasteiger partial charge in [-0.1, -0.05) is 30.4 Å². The molecule has 1 saturated heterocycles. The normalized spacial score (nSPS) is 23.8. The Balaban J connectivity index is 1.50. The molecule has 2 aliphatic heterocycles. The molecule has 2 unspecified atom stereocenters. The highest BCUT2D eigenvalue weighted by atomic mass is 79.9. The monoisotopic (exact) mass is 476 g/mol. The van der Waals surface area contributed by atoms with Crippen LogP contribution in [0.3, 0.4) is 0 Å². The summed E-state index contributed by atoms with van der Waals surface area (Å²) in [6, 6.07) is 10.3. The number of aromatic nitrogens is 1. The first-order valence-electron chi connectivity index (χ1n) is 9.20. The smallest absolute Gasteiger partial charge is 0.225 e. The standard InChI is InChI=1S/C20H21BrN4OS2/c1-24-11-9-14(19(24)26)12-15-13-27-20(22-15)23-18-17(8-5-10-25(18)21)28-16-6-3-2-4-7-16/h2-8,13-14,17H,9-12H2,1H3. The maximum Gasteiger partial charge on any atom is 0.225 e. The zero-order valence-electron chi connectivity index (χ0n) is 15.5. The topological polar surface area (TPSA) is 48.8 Å². The van der Waals surface area contributed by atoms with Gasteiger partial charge in [-0.3, -0.25) is 8.72 Å². The molecule has 28 heavy (non-hydrogen) atoms. The fourth-order valence-corrected chi connectivity index (χ4v) is 5.72. The molecule has 1 amide bonds. The highest BCUT2D eigenvalue weighted by molar-refractivity contribution is 9.07. The molecular weight excluding hydrogens is 456 g/mol. The number of halogens is 1. The summed E-state index contributed by atoms with van der Waals surface area (Å²) in [4.78, 5) is 24.7. The first kappa shape index (κ1) is 19.7. The molecule has 0 radical (unpaired) electrons. The lowest BCUT2D eigenvalue weighted by Crippen LogP contribution is -2.33. The fourth-order valence-electron chi connectivity index (χ4n) is 3.33. The van der Waals surface area contributed by atoms with Crippen LogP contribution in [0, 0.1) is 5.92 Å². The van der Waals surface area contributed by atoms with Crippen LogP contribution < -0.4 is 0 Å². The van der Waals surface area contributed by atoms with E-state index < -0.39 is 0 Å². The van der Waals surface area contributed by atoms with E-state index in [2.05, 4.69) is 45.4 Å². The van der Waals surface area contributed by atoms with Crippen molar-refractivity contribution in [3.05, 3.63) is 53.6 Å². The molecule has 1 aromatic carbocycles. The van der Waals surface area contributed by atoms with E-state index in [-0.39, 0.29) is 17.1 Å². The predicted octanol–water partition coefficient (Wildman–Crippen LogP) is 4.54. The number of hydrogen-bond donors (Lipinski definition) is 0. The second-order valence-corrected chi connectivity index (χ2v) is 9.77. The molecule has 2 atom stereocenters. The van der Waals surface area contributed by atoms with E-state index in [1.165, 1.54) is 16.2 Å². The molecule has 146 valence electrons. The van der Waals surface area contributed by atoms with Gasteiger partial charge in [-0.25, -0.2) is 9.98 Å². The van der Waals surface area contributed by atoms with Crippen molar-refractivity contribution in [2.24, 2.45) is 10.9 Å². The third kappa shape index (κ3) is 4.50. The molecule has 4 rings (SSSR count). The molecule has 0 bridgehead atoms. The first-order valence-corrected chi connectivity index (χ1v) is 11.7. The molecule has 5 nitrogen and oxygen atoms in total. The maximum atomic E-state index is 12.1. The van der Waals surface area contributed by atoms with Gasteiger partial charge in [0.2, 0.25) is 11.0 Å². The van der Waals surface area contributed by atoms with Crippen molar-refractivity contribution >= 4 is 56.1 Å². The van der Waals surface area contributed by atoms with Crippen LogP contribution in [0.1, 0.15) is 12.1 Å². The lowest BCUT2D eigenvalue weighted by Gasteiger charge is -2.26. The number of carbonyl (C=O) groups is 1. The summed E-state index contributed by atoms with van der Waals surface area (Å²) >= 11 is 6.92.